The normalized spacial score (nSPS) is 27.8. The van der Waals surface area contributed by atoms with E-state index in [1.165, 1.54) is 44.1 Å². The molecule has 0 aliphatic heterocycles. The smallest absolute Gasteiger partial charge is 0.00773 e. The van der Waals surface area contributed by atoms with E-state index in [9.17, 15) is 0 Å². The SMILES string of the molecule is C=C(C)C1CCCC1CCCCN. The maximum absolute atomic E-state index is 5.49. The van der Waals surface area contributed by atoms with E-state index in [1.807, 2.05) is 0 Å². The lowest BCUT2D eigenvalue weighted by molar-refractivity contribution is 0.395. The minimum atomic E-state index is 0.817. The van der Waals surface area contributed by atoms with E-state index in [2.05, 4.69) is 13.5 Å². The molecule has 0 bridgehead atoms. The molecule has 76 valence electrons. The second-order valence-corrected chi connectivity index (χ2v) is 4.43. The highest BCUT2D eigenvalue weighted by molar-refractivity contribution is 5.01. The summed E-state index contributed by atoms with van der Waals surface area (Å²) in [6, 6.07) is 0. The Morgan fingerprint density at radius 2 is 2.15 bits per heavy atom. The van der Waals surface area contributed by atoms with E-state index in [4.69, 9.17) is 5.73 Å². The van der Waals surface area contributed by atoms with E-state index < -0.39 is 0 Å². The monoisotopic (exact) mass is 181 g/mol. The van der Waals surface area contributed by atoms with Gasteiger partial charge in [0.05, 0.1) is 0 Å². The Kier molecular flexibility index (Phi) is 4.51. The van der Waals surface area contributed by atoms with Gasteiger partial charge >= 0.3 is 0 Å². The van der Waals surface area contributed by atoms with Gasteiger partial charge in [0.2, 0.25) is 0 Å². The Hall–Kier alpha value is -0.300. The largest absolute Gasteiger partial charge is 0.330 e. The van der Waals surface area contributed by atoms with Gasteiger partial charge in [0.15, 0.2) is 0 Å². The van der Waals surface area contributed by atoms with Crippen LogP contribution in [0.3, 0.4) is 0 Å². The summed E-state index contributed by atoms with van der Waals surface area (Å²) < 4.78 is 0. The van der Waals surface area contributed by atoms with Crippen LogP contribution in [0.1, 0.15) is 45.4 Å². The first kappa shape index (κ1) is 10.8. The van der Waals surface area contributed by atoms with Gasteiger partial charge in [-0.1, -0.05) is 25.0 Å². The zero-order valence-electron chi connectivity index (χ0n) is 8.89. The van der Waals surface area contributed by atoms with Crippen molar-refractivity contribution in [2.75, 3.05) is 6.54 Å². The molecule has 2 atom stereocenters. The van der Waals surface area contributed by atoms with Gasteiger partial charge in [0.25, 0.3) is 0 Å². The van der Waals surface area contributed by atoms with Crippen LogP contribution in [0.15, 0.2) is 12.2 Å². The third-order valence-electron chi connectivity index (χ3n) is 3.32. The Bertz CT molecular complexity index is 163. The Morgan fingerprint density at radius 1 is 1.38 bits per heavy atom. The van der Waals surface area contributed by atoms with Crippen molar-refractivity contribution in [1.82, 2.24) is 0 Å². The molecule has 0 spiro atoms. The molecular weight excluding hydrogens is 158 g/mol. The molecule has 2 unspecified atom stereocenters. The van der Waals surface area contributed by atoms with E-state index in [-0.39, 0.29) is 0 Å². The second-order valence-electron chi connectivity index (χ2n) is 4.43. The Labute approximate surface area is 82.4 Å². The van der Waals surface area contributed by atoms with E-state index in [0.717, 1.165) is 18.4 Å². The molecule has 1 aliphatic rings. The summed E-state index contributed by atoms with van der Waals surface area (Å²) >= 11 is 0. The van der Waals surface area contributed by atoms with Crippen LogP contribution in [0, 0.1) is 11.8 Å². The quantitative estimate of drug-likeness (QED) is 0.512. The van der Waals surface area contributed by atoms with Crippen LogP contribution in [-0.2, 0) is 0 Å². The molecule has 0 amide bonds. The standard InChI is InChI=1S/C12H23N/c1-10(2)12-8-5-7-11(12)6-3-4-9-13/h11-12H,1,3-9,13H2,2H3. The lowest BCUT2D eigenvalue weighted by Gasteiger charge is -2.19. The molecule has 0 heterocycles. The van der Waals surface area contributed by atoms with Gasteiger partial charge in [0.1, 0.15) is 0 Å². The van der Waals surface area contributed by atoms with Gasteiger partial charge in [-0.2, -0.15) is 0 Å². The minimum Gasteiger partial charge on any atom is -0.330 e. The summed E-state index contributed by atoms with van der Waals surface area (Å²) in [5, 5.41) is 0. The number of hydrogen-bond donors (Lipinski definition) is 1. The van der Waals surface area contributed by atoms with Crippen LogP contribution in [0.2, 0.25) is 0 Å². The Balaban J connectivity index is 2.27. The molecule has 0 saturated heterocycles. The lowest BCUT2D eigenvalue weighted by atomic mass is 9.87. The highest BCUT2D eigenvalue weighted by atomic mass is 14.5. The molecule has 1 saturated carbocycles. The summed E-state index contributed by atoms with van der Waals surface area (Å²) in [6.07, 6.45) is 8.08. The summed E-state index contributed by atoms with van der Waals surface area (Å²) in [6.45, 7) is 7.13. The highest BCUT2D eigenvalue weighted by Crippen LogP contribution is 2.38. The molecule has 0 aromatic heterocycles. The molecule has 13 heavy (non-hydrogen) atoms. The van der Waals surface area contributed by atoms with E-state index >= 15 is 0 Å². The number of nitrogens with two attached hydrogens (primary N) is 1. The molecule has 1 heteroatoms. The minimum absolute atomic E-state index is 0.817. The Morgan fingerprint density at radius 3 is 2.77 bits per heavy atom. The van der Waals surface area contributed by atoms with Crippen LogP contribution in [0.4, 0.5) is 0 Å². The molecule has 1 rings (SSSR count). The van der Waals surface area contributed by atoms with Crippen LogP contribution in [0.25, 0.3) is 0 Å². The van der Waals surface area contributed by atoms with Gasteiger partial charge < -0.3 is 5.73 Å². The predicted octanol–water partition coefficient (Wildman–Crippen LogP) is 3.11. The molecule has 1 nitrogen and oxygen atoms in total. The fourth-order valence-corrected chi connectivity index (χ4v) is 2.58. The molecule has 0 radical (unpaired) electrons. The van der Waals surface area contributed by atoms with Gasteiger partial charge in [-0.15, -0.1) is 0 Å². The van der Waals surface area contributed by atoms with Crippen molar-refractivity contribution in [3.05, 3.63) is 12.2 Å². The summed E-state index contributed by atoms with van der Waals surface area (Å²) in [4.78, 5) is 0. The van der Waals surface area contributed by atoms with Crippen LogP contribution in [0.5, 0.6) is 0 Å². The molecule has 1 fully saturated rings. The van der Waals surface area contributed by atoms with Crippen molar-refractivity contribution in [3.8, 4) is 0 Å². The van der Waals surface area contributed by atoms with Crippen LogP contribution < -0.4 is 5.73 Å². The van der Waals surface area contributed by atoms with E-state index in [0.29, 0.717) is 0 Å². The maximum atomic E-state index is 5.49. The van der Waals surface area contributed by atoms with E-state index in [1.54, 1.807) is 0 Å². The number of rotatable bonds is 5. The number of allylic oxidation sites excluding steroid dienone is 1. The van der Waals surface area contributed by atoms with Gasteiger partial charge in [-0.05, 0) is 51.0 Å². The van der Waals surface area contributed by atoms with Crippen LogP contribution >= 0.6 is 0 Å². The van der Waals surface area contributed by atoms with Gasteiger partial charge in [-0.3, -0.25) is 0 Å². The molecular formula is C12H23N. The third kappa shape index (κ3) is 3.15. The number of unbranched alkanes of at least 4 members (excludes halogenated alkanes) is 1. The average Bonchev–Trinajstić information content (AvgIpc) is 2.53. The maximum Gasteiger partial charge on any atom is -0.00773 e. The summed E-state index contributed by atoms with van der Waals surface area (Å²) in [5.74, 6) is 1.74. The molecule has 2 N–H and O–H groups in total. The van der Waals surface area contributed by atoms with Crippen molar-refractivity contribution in [1.29, 1.82) is 0 Å². The zero-order chi connectivity index (χ0) is 9.68. The molecule has 0 aromatic carbocycles. The average molecular weight is 181 g/mol. The molecule has 0 aromatic rings. The topological polar surface area (TPSA) is 26.0 Å². The zero-order valence-corrected chi connectivity index (χ0v) is 8.89. The van der Waals surface area contributed by atoms with Gasteiger partial charge in [0, 0.05) is 0 Å². The first-order valence-corrected chi connectivity index (χ1v) is 5.61. The van der Waals surface area contributed by atoms with Gasteiger partial charge in [-0.25, -0.2) is 0 Å². The highest BCUT2D eigenvalue weighted by Gasteiger charge is 2.26. The lowest BCUT2D eigenvalue weighted by Crippen LogP contribution is -2.09. The summed E-state index contributed by atoms with van der Waals surface area (Å²) in [5.41, 5.74) is 6.89. The fourth-order valence-electron chi connectivity index (χ4n) is 2.58. The number of hydrogen-bond acceptors (Lipinski definition) is 1. The van der Waals surface area contributed by atoms with Crippen molar-refractivity contribution in [3.63, 3.8) is 0 Å². The van der Waals surface area contributed by atoms with Crippen molar-refractivity contribution in [2.45, 2.75) is 45.4 Å². The summed E-state index contributed by atoms with van der Waals surface area (Å²) in [7, 11) is 0. The second kappa shape index (κ2) is 5.43. The fraction of sp³-hybridized carbons (Fsp3) is 0.833. The predicted molar refractivity (Wildman–Crippen MR) is 58.6 cm³/mol. The van der Waals surface area contributed by atoms with Crippen molar-refractivity contribution >= 4 is 0 Å². The third-order valence-corrected chi connectivity index (χ3v) is 3.32. The molecule has 1 aliphatic carbocycles. The van der Waals surface area contributed by atoms with Crippen LogP contribution in [-0.4, -0.2) is 6.54 Å². The first-order chi connectivity index (χ1) is 6.25. The van der Waals surface area contributed by atoms with Crippen molar-refractivity contribution < 1.29 is 0 Å². The first-order valence-electron chi connectivity index (χ1n) is 5.61. The van der Waals surface area contributed by atoms with Crippen molar-refractivity contribution in [2.24, 2.45) is 17.6 Å².